The molecule has 0 spiro atoms. The minimum Gasteiger partial charge on any atom is -1.00 e. The van der Waals surface area contributed by atoms with Crippen molar-refractivity contribution in [3.8, 4) is 0 Å². The van der Waals surface area contributed by atoms with E-state index in [1.165, 1.54) is 0 Å². The first kappa shape index (κ1) is 9.78. The van der Waals surface area contributed by atoms with Crippen LogP contribution in [-0.2, 0) is 0 Å². The van der Waals surface area contributed by atoms with Gasteiger partial charge >= 0.3 is 18.9 Å². The van der Waals surface area contributed by atoms with Crippen LogP contribution in [0.5, 0.6) is 0 Å². The molecule has 0 radical (unpaired) electrons. The SMILES string of the molecule is Brc1ccccc1Br.[H-].[Li+]. The molecule has 9 heavy (non-hydrogen) atoms. The summed E-state index contributed by atoms with van der Waals surface area (Å²) in [4.78, 5) is 0. The maximum Gasteiger partial charge on any atom is 1.00 e. The van der Waals surface area contributed by atoms with Gasteiger partial charge in [-0.3, -0.25) is 0 Å². The predicted molar refractivity (Wildman–Crippen MR) is 43.0 cm³/mol. The monoisotopic (exact) mass is 242 g/mol. The fraction of sp³-hybridized carbons (Fsp3) is 0. The van der Waals surface area contributed by atoms with Gasteiger partial charge in [-0.25, -0.2) is 0 Å². The van der Waals surface area contributed by atoms with Crippen LogP contribution in [0.25, 0.3) is 0 Å². The van der Waals surface area contributed by atoms with E-state index in [0.717, 1.165) is 8.95 Å². The molecule has 1 aromatic carbocycles. The van der Waals surface area contributed by atoms with Gasteiger partial charge in [0.1, 0.15) is 0 Å². The van der Waals surface area contributed by atoms with Crippen LogP contribution < -0.4 is 18.9 Å². The summed E-state index contributed by atoms with van der Waals surface area (Å²) in [6, 6.07) is 7.94. The van der Waals surface area contributed by atoms with Gasteiger partial charge < -0.3 is 1.43 Å². The summed E-state index contributed by atoms with van der Waals surface area (Å²) in [5.41, 5.74) is 0. The number of rotatable bonds is 0. The molecule has 0 bridgehead atoms. The van der Waals surface area contributed by atoms with Crippen LogP contribution in [0, 0.1) is 0 Å². The van der Waals surface area contributed by atoms with Gasteiger partial charge in [-0.2, -0.15) is 0 Å². The largest absolute Gasteiger partial charge is 1.00 e. The topological polar surface area (TPSA) is 0 Å². The van der Waals surface area contributed by atoms with E-state index < -0.39 is 0 Å². The Morgan fingerprint density at radius 1 is 1.00 bits per heavy atom. The van der Waals surface area contributed by atoms with Gasteiger partial charge in [-0.15, -0.1) is 0 Å². The van der Waals surface area contributed by atoms with Crippen molar-refractivity contribution in [3.63, 3.8) is 0 Å². The summed E-state index contributed by atoms with van der Waals surface area (Å²) in [5, 5.41) is 0. The molecule has 1 aromatic rings. The fourth-order valence-electron chi connectivity index (χ4n) is 0.439. The van der Waals surface area contributed by atoms with Crippen molar-refractivity contribution in [2.45, 2.75) is 0 Å². The second-order valence-corrected chi connectivity index (χ2v) is 3.12. The van der Waals surface area contributed by atoms with Crippen LogP contribution >= 0.6 is 31.9 Å². The van der Waals surface area contributed by atoms with E-state index in [2.05, 4.69) is 31.9 Å². The van der Waals surface area contributed by atoms with Crippen molar-refractivity contribution in [2.75, 3.05) is 0 Å². The first-order chi connectivity index (χ1) is 3.80. The molecule has 3 heteroatoms. The van der Waals surface area contributed by atoms with Gasteiger partial charge in [0, 0.05) is 8.95 Å². The Labute approximate surface area is 84.9 Å². The molecule has 0 amide bonds. The minimum absolute atomic E-state index is 0. The quantitative estimate of drug-likeness (QED) is 0.577. The van der Waals surface area contributed by atoms with Crippen molar-refractivity contribution in [1.82, 2.24) is 0 Å². The van der Waals surface area contributed by atoms with Gasteiger partial charge in [-0.1, -0.05) is 12.1 Å². The standard InChI is InChI=1S/C6H4Br2.Li.H/c7-5-3-1-2-4-6(5)8;;/h1-4H;;/q;+1;-1. The zero-order valence-corrected chi connectivity index (χ0v) is 8.24. The first-order valence-electron chi connectivity index (χ1n) is 2.21. The Bertz CT molecular complexity index is 172. The Hall–Kier alpha value is 0.777. The fourth-order valence-corrected chi connectivity index (χ4v) is 1.01. The molecule has 0 aromatic heterocycles. The van der Waals surface area contributed by atoms with Crippen molar-refractivity contribution < 1.29 is 20.3 Å². The number of benzene rings is 1. The third-order valence-electron chi connectivity index (χ3n) is 0.824. The van der Waals surface area contributed by atoms with Crippen molar-refractivity contribution in [1.29, 1.82) is 0 Å². The summed E-state index contributed by atoms with van der Waals surface area (Å²) in [5.74, 6) is 0. The van der Waals surface area contributed by atoms with E-state index in [-0.39, 0.29) is 20.3 Å². The normalized spacial score (nSPS) is 8.22. The Kier molecular flexibility index (Phi) is 4.97. The van der Waals surface area contributed by atoms with E-state index in [9.17, 15) is 0 Å². The average Bonchev–Trinajstić information content (AvgIpc) is 1.77. The summed E-state index contributed by atoms with van der Waals surface area (Å²) < 4.78 is 2.19. The summed E-state index contributed by atoms with van der Waals surface area (Å²) in [6.07, 6.45) is 0. The van der Waals surface area contributed by atoms with Crippen LogP contribution in [-0.4, -0.2) is 0 Å². The van der Waals surface area contributed by atoms with Gasteiger partial charge in [0.2, 0.25) is 0 Å². The third-order valence-corrected chi connectivity index (χ3v) is 2.74. The number of hydrogen-bond acceptors (Lipinski definition) is 0. The third kappa shape index (κ3) is 2.91. The summed E-state index contributed by atoms with van der Waals surface area (Å²) in [6.45, 7) is 0. The molecule has 0 nitrogen and oxygen atoms in total. The van der Waals surface area contributed by atoms with Crippen LogP contribution in [0.15, 0.2) is 33.2 Å². The molecule has 0 fully saturated rings. The molecule has 0 atom stereocenters. The molecule has 1 rings (SSSR count). The van der Waals surface area contributed by atoms with Crippen LogP contribution in [0.1, 0.15) is 1.43 Å². The molecule has 0 heterocycles. The van der Waals surface area contributed by atoms with Crippen molar-refractivity contribution in [3.05, 3.63) is 33.2 Å². The van der Waals surface area contributed by atoms with E-state index >= 15 is 0 Å². The molecule has 0 unspecified atom stereocenters. The molecule has 0 aliphatic heterocycles. The summed E-state index contributed by atoms with van der Waals surface area (Å²) >= 11 is 6.70. The second kappa shape index (κ2) is 4.57. The molecular formula is C6H5Br2Li. The molecule has 0 aliphatic carbocycles. The maximum atomic E-state index is 3.35. The number of halogens is 2. The Balaban J connectivity index is 0. The van der Waals surface area contributed by atoms with Crippen LogP contribution in [0.4, 0.5) is 0 Å². The first-order valence-corrected chi connectivity index (χ1v) is 3.79. The zero-order chi connectivity index (χ0) is 5.98. The predicted octanol–water partition coefficient (Wildman–Crippen LogP) is 0.328. The molecule has 0 aliphatic rings. The minimum atomic E-state index is 0. The molecule has 0 saturated carbocycles. The van der Waals surface area contributed by atoms with E-state index in [1.54, 1.807) is 0 Å². The zero-order valence-electron chi connectivity index (χ0n) is 6.07. The molecular weight excluding hydrogens is 239 g/mol. The molecule has 0 N–H and O–H groups in total. The van der Waals surface area contributed by atoms with Gasteiger partial charge in [0.25, 0.3) is 0 Å². The Morgan fingerprint density at radius 3 is 1.56 bits per heavy atom. The summed E-state index contributed by atoms with van der Waals surface area (Å²) in [7, 11) is 0. The number of hydrogen-bond donors (Lipinski definition) is 0. The van der Waals surface area contributed by atoms with Gasteiger partial charge in [0.15, 0.2) is 0 Å². The van der Waals surface area contributed by atoms with Gasteiger partial charge in [-0.05, 0) is 44.0 Å². The van der Waals surface area contributed by atoms with Crippen LogP contribution in [0.2, 0.25) is 0 Å². The molecule has 0 saturated heterocycles. The van der Waals surface area contributed by atoms with Gasteiger partial charge in [0.05, 0.1) is 0 Å². The van der Waals surface area contributed by atoms with Crippen LogP contribution in [0.3, 0.4) is 0 Å². The Morgan fingerprint density at radius 2 is 1.33 bits per heavy atom. The van der Waals surface area contributed by atoms with Crippen molar-refractivity contribution in [2.24, 2.45) is 0 Å². The average molecular weight is 244 g/mol. The van der Waals surface area contributed by atoms with E-state index in [4.69, 9.17) is 0 Å². The smallest absolute Gasteiger partial charge is 1.00 e. The molecule has 44 valence electrons. The van der Waals surface area contributed by atoms with E-state index in [1.807, 2.05) is 24.3 Å². The van der Waals surface area contributed by atoms with Crippen molar-refractivity contribution >= 4 is 31.9 Å². The second-order valence-electron chi connectivity index (χ2n) is 1.41. The maximum absolute atomic E-state index is 3.35. The van der Waals surface area contributed by atoms with E-state index in [0.29, 0.717) is 0 Å².